The van der Waals surface area contributed by atoms with Crippen molar-refractivity contribution >= 4 is 46.5 Å². The number of para-hydroxylation sites is 1. The Balaban J connectivity index is 0.999. The van der Waals surface area contributed by atoms with Gasteiger partial charge in [0.1, 0.15) is 5.75 Å². The van der Waals surface area contributed by atoms with Gasteiger partial charge < -0.3 is 9.47 Å². The van der Waals surface area contributed by atoms with E-state index in [0.717, 1.165) is 6.42 Å². The summed E-state index contributed by atoms with van der Waals surface area (Å²) in [4.78, 5) is 64.3. The van der Waals surface area contributed by atoms with E-state index in [9.17, 15) is 29.3 Å². The number of anilines is 1. The highest BCUT2D eigenvalue weighted by atomic mass is 35.5. The fourth-order valence-electron chi connectivity index (χ4n) is 6.85. The molecule has 3 aromatic carbocycles. The normalized spacial score (nSPS) is 26.1. The highest BCUT2D eigenvalue weighted by Gasteiger charge is 2.67. The van der Waals surface area contributed by atoms with Crippen LogP contribution in [-0.4, -0.2) is 35.1 Å². The smallest absolute Gasteiger partial charge is 0.338 e. The number of nitro benzene ring substituents is 1. The zero-order valence-corrected chi connectivity index (χ0v) is 23.2. The molecule has 3 aromatic rings. The number of nitro groups is 1. The van der Waals surface area contributed by atoms with Gasteiger partial charge in [-0.1, -0.05) is 35.9 Å². The topological polar surface area (TPSA) is 133 Å². The number of benzene rings is 3. The van der Waals surface area contributed by atoms with Gasteiger partial charge in [0.05, 0.1) is 33.0 Å². The van der Waals surface area contributed by atoms with Crippen LogP contribution in [0.4, 0.5) is 11.4 Å². The molecule has 1 saturated heterocycles. The van der Waals surface area contributed by atoms with Crippen molar-refractivity contribution in [1.29, 1.82) is 0 Å². The number of nitrogens with zero attached hydrogens (tertiary/aromatic N) is 2. The van der Waals surface area contributed by atoms with Crippen molar-refractivity contribution < 1.29 is 33.6 Å². The third-order valence-electron chi connectivity index (χ3n) is 8.88. The van der Waals surface area contributed by atoms with Crippen LogP contribution in [0, 0.1) is 45.6 Å². The Hall–Kier alpha value is -4.83. The van der Waals surface area contributed by atoms with E-state index in [1.54, 1.807) is 12.1 Å². The summed E-state index contributed by atoms with van der Waals surface area (Å²) < 4.78 is 10.8. The molecule has 2 amide bonds. The Morgan fingerprint density at radius 2 is 1.56 bits per heavy atom. The van der Waals surface area contributed by atoms with Gasteiger partial charge >= 0.3 is 11.7 Å². The van der Waals surface area contributed by atoms with Crippen molar-refractivity contribution in [3.8, 4) is 11.5 Å². The fraction of sp³-hybridized carbons (Fsp3) is 0.250. The lowest BCUT2D eigenvalue weighted by Gasteiger charge is -2.37. The average Bonchev–Trinajstić information content (AvgIpc) is 3.79. The van der Waals surface area contributed by atoms with Crippen LogP contribution in [0.1, 0.15) is 27.1 Å². The number of rotatable bonds is 8. The molecule has 2 saturated carbocycles. The molecule has 43 heavy (non-hydrogen) atoms. The van der Waals surface area contributed by atoms with E-state index in [0.29, 0.717) is 17.5 Å². The lowest BCUT2D eigenvalue weighted by Crippen LogP contribution is -2.40. The number of Topliss-reactive ketones (excluding diaryl/α,β-unsaturated/α-hetero) is 1. The van der Waals surface area contributed by atoms with Gasteiger partial charge in [-0.3, -0.25) is 24.5 Å². The fourth-order valence-corrected chi connectivity index (χ4v) is 7.06. The van der Waals surface area contributed by atoms with E-state index in [2.05, 4.69) is 12.2 Å². The predicted octanol–water partition coefficient (Wildman–Crippen LogP) is 5.64. The average molecular weight is 599 g/mol. The van der Waals surface area contributed by atoms with Gasteiger partial charge in [0.2, 0.25) is 17.6 Å². The number of halogens is 1. The second kappa shape index (κ2) is 10.2. The number of hydrogen-bond acceptors (Lipinski definition) is 8. The maximum Gasteiger partial charge on any atom is 0.338 e. The van der Waals surface area contributed by atoms with Gasteiger partial charge in [-0.2, -0.15) is 0 Å². The van der Waals surface area contributed by atoms with Crippen LogP contribution in [0.15, 0.2) is 78.9 Å². The third-order valence-corrected chi connectivity index (χ3v) is 9.17. The summed E-state index contributed by atoms with van der Waals surface area (Å²) in [6.07, 6.45) is 5.28. The Labute approximate surface area is 250 Å². The van der Waals surface area contributed by atoms with Gasteiger partial charge in [0.15, 0.2) is 12.4 Å². The van der Waals surface area contributed by atoms with E-state index in [1.165, 1.54) is 59.5 Å². The molecular weight excluding hydrogens is 576 g/mol. The Kier molecular flexibility index (Phi) is 6.39. The zero-order valence-electron chi connectivity index (χ0n) is 22.4. The Bertz CT molecular complexity index is 1720. The van der Waals surface area contributed by atoms with Gasteiger partial charge in [-0.25, -0.2) is 9.69 Å². The SMILES string of the molecule is O=C(COC(=O)c1cccc(N2C(=O)[C@@H]3[C@H]4C=C[C@@H]([C@@H]5C[C@@H]45)[C@H]3C2=O)c1)c1ccc(Oc2c(Cl)cccc2[N+](=O)[O-])cc1. The molecule has 5 aliphatic rings. The molecule has 6 atom stereocenters. The van der Waals surface area contributed by atoms with Crippen LogP contribution in [0.5, 0.6) is 11.5 Å². The highest BCUT2D eigenvalue weighted by Crippen LogP contribution is 2.65. The van der Waals surface area contributed by atoms with Gasteiger partial charge in [-0.05, 0) is 78.6 Å². The molecule has 3 fully saturated rings. The molecule has 11 heteroatoms. The molecule has 0 N–H and O–H groups in total. The highest BCUT2D eigenvalue weighted by molar-refractivity contribution is 6.32. The van der Waals surface area contributed by atoms with E-state index in [4.69, 9.17) is 21.1 Å². The Morgan fingerprint density at radius 1 is 0.907 bits per heavy atom. The molecule has 1 aliphatic heterocycles. The number of amides is 2. The molecule has 0 spiro atoms. The van der Waals surface area contributed by atoms with E-state index < -0.39 is 23.3 Å². The molecule has 0 radical (unpaired) electrons. The van der Waals surface area contributed by atoms with Gasteiger partial charge in [0.25, 0.3) is 0 Å². The van der Waals surface area contributed by atoms with Gasteiger partial charge in [0, 0.05) is 11.6 Å². The van der Waals surface area contributed by atoms with Crippen LogP contribution in [-0.2, 0) is 14.3 Å². The number of allylic oxidation sites excluding steroid dienone is 2. The van der Waals surface area contributed by atoms with E-state index in [-0.39, 0.29) is 68.8 Å². The molecule has 0 unspecified atom stereocenters. The zero-order chi connectivity index (χ0) is 30.0. The quantitative estimate of drug-likeness (QED) is 0.0812. The lowest BCUT2D eigenvalue weighted by molar-refractivity contribution is -0.385. The molecule has 8 rings (SSSR count). The molecule has 2 bridgehead atoms. The molecule has 10 nitrogen and oxygen atoms in total. The lowest BCUT2D eigenvalue weighted by atomic mass is 9.63. The van der Waals surface area contributed by atoms with Crippen LogP contribution in [0.25, 0.3) is 0 Å². The standard InChI is InChI=1S/C32H23ClN2O8/c33-24-5-2-6-25(35(40)41)29(24)43-19-9-7-16(8-10-19)26(36)15-42-32(39)17-3-1-4-18(13-17)34-30(37)27-20-11-12-21(23-14-22(20)23)28(27)31(34)38/h1-13,20-23,27-28H,14-15H2/t20-,21-,22-,23-,27+,28+/m0/s1. The minimum absolute atomic E-state index is 0.0581. The van der Waals surface area contributed by atoms with E-state index in [1.807, 2.05) is 0 Å². The van der Waals surface area contributed by atoms with Crippen LogP contribution in [0.3, 0.4) is 0 Å². The van der Waals surface area contributed by atoms with Crippen molar-refractivity contribution in [1.82, 2.24) is 0 Å². The number of imide groups is 1. The second-order valence-electron chi connectivity index (χ2n) is 11.2. The molecule has 216 valence electrons. The van der Waals surface area contributed by atoms with Crippen LogP contribution in [0.2, 0.25) is 5.02 Å². The first-order valence-corrected chi connectivity index (χ1v) is 14.2. The maximum absolute atomic E-state index is 13.4. The number of ketones is 1. The largest absolute Gasteiger partial charge is 0.454 e. The summed E-state index contributed by atoms with van der Waals surface area (Å²) in [5.41, 5.74) is 0.336. The number of carbonyl (C=O) groups excluding carboxylic acids is 4. The first-order chi connectivity index (χ1) is 20.7. The second-order valence-corrected chi connectivity index (χ2v) is 11.6. The third kappa shape index (κ3) is 4.49. The van der Waals surface area contributed by atoms with Crippen molar-refractivity contribution in [3.63, 3.8) is 0 Å². The molecule has 4 aliphatic carbocycles. The molecular formula is C32H23ClN2O8. The number of carbonyl (C=O) groups is 4. The summed E-state index contributed by atoms with van der Waals surface area (Å²) in [6.45, 7) is -0.553. The molecule has 0 aromatic heterocycles. The predicted molar refractivity (Wildman–Crippen MR) is 153 cm³/mol. The first kappa shape index (κ1) is 27.0. The number of hydrogen-bond donors (Lipinski definition) is 0. The van der Waals surface area contributed by atoms with Crippen LogP contribution >= 0.6 is 11.6 Å². The number of esters is 1. The monoisotopic (exact) mass is 598 g/mol. The minimum atomic E-state index is -0.777. The summed E-state index contributed by atoms with van der Waals surface area (Å²) in [6, 6.07) is 16.0. The first-order valence-electron chi connectivity index (χ1n) is 13.8. The van der Waals surface area contributed by atoms with Crippen molar-refractivity contribution in [2.24, 2.45) is 35.5 Å². The summed E-state index contributed by atoms with van der Waals surface area (Å²) >= 11 is 6.07. The van der Waals surface area contributed by atoms with Crippen molar-refractivity contribution in [2.75, 3.05) is 11.5 Å². The summed E-state index contributed by atoms with van der Waals surface area (Å²) in [7, 11) is 0. The van der Waals surface area contributed by atoms with Gasteiger partial charge in [-0.15, -0.1) is 0 Å². The van der Waals surface area contributed by atoms with Crippen molar-refractivity contribution in [2.45, 2.75) is 6.42 Å². The van der Waals surface area contributed by atoms with Crippen molar-refractivity contribution in [3.05, 3.63) is 105 Å². The Morgan fingerprint density at radius 3 is 2.21 bits per heavy atom. The summed E-state index contributed by atoms with van der Waals surface area (Å²) in [5, 5.41) is 11.3. The summed E-state index contributed by atoms with van der Waals surface area (Å²) in [5.74, 6) is -1.17. The number of ether oxygens (including phenoxy) is 2. The minimum Gasteiger partial charge on any atom is -0.454 e. The van der Waals surface area contributed by atoms with Crippen LogP contribution < -0.4 is 9.64 Å². The molecule has 1 heterocycles. The maximum atomic E-state index is 13.4. The van der Waals surface area contributed by atoms with E-state index >= 15 is 0 Å².